The highest BCUT2D eigenvalue weighted by atomic mass is 79.9. The Balaban J connectivity index is 1.96. The fourth-order valence-electron chi connectivity index (χ4n) is 2.39. The first-order valence-corrected chi connectivity index (χ1v) is 8.54. The molecule has 0 aliphatic carbocycles. The first-order chi connectivity index (χ1) is 10.1. The second-order valence-corrected chi connectivity index (χ2v) is 7.10. The van der Waals surface area contributed by atoms with Crippen LogP contribution in [-0.4, -0.2) is 5.75 Å². The molecule has 1 atom stereocenters. The standard InChI is InChI=1S/C15H11BrClF2NS/c16-10-6-8(18)7-11(17)14(10)20-13-4-5-21-15-9(13)2-1-3-12(15)19/h1-3,6-7,13,20H,4-5H2. The van der Waals surface area contributed by atoms with Gasteiger partial charge in [-0.05, 0) is 46.1 Å². The molecule has 2 aromatic carbocycles. The van der Waals surface area contributed by atoms with Crippen LogP contribution in [0.3, 0.4) is 0 Å². The molecule has 1 aliphatic rings. The van der Waals surface area contributed by atoms with Gasteiger partial charge < -0.3 is 5.32 Å². The molecule has 0 amide bonds. The average molecular weight is 391 g/mol. The maximum atomic E-state index is 13.9. The Morgan fingerprint density at radius 3 is 2.86 bits per heavy atom. The molecule has 6 heteroatoms. The summed E-state index contributed by atoms with van der Waals surface area (Å²) in [7, 11) is 0. The Morgan fingerprint density at radius 1 is 1.29 bits per heavy atom. The minimum absolute atomic E-state index is 0.0452. The van der Waals surface area contributed by atoms with Crippen molar-refractivity contribution in [1.82, 2.24) is 0 Å². The van der Waals surface area contributed by atoms with E-state index in [-0.39, 0.29) is 11.9 Å². The Bertz CT molecular complexity index is 672. The first kappa shape index (κ1) is 15.1. The molecule has 1 heterocycles. The normalized spacial score (nSPS) is 17.4. The molecule has 0 radical (unpaired) electrons. The van der Waals surface area contributed by atoms with Gasteiger partial charge >= 0.3 is 0 Å². The van der Waals surface area contributed by atoms with Gasteiger partial charge in [0.2, 0.25) is 0 Å². The molecule has 1 nitrogen and oxygen atoms in total. The van der Waals surface area contributed by atoms with Crippen molar-refractivity contribution in [3.05, 3.63) is 57.0 Å². The molecule has 21 heavy (non-hydrogen) atoms. The summed E-state index contributed by atoms with van der Waals surface area (Å²) < 4.78 is 27.7. The molecule has 0 saturated heterocycles. The van der Waals surface area contributed by atoms with Crippen LogP contribution in [0.1, 0.15) is 18.0 Å². The largest absolute Gasteiger partial charge is 0.376 e. The smallest absolute Gasteiger partial charge is 0.137 e. The Kier molecular flexibility index (Phi) is 4.43. The van der Waals surface area contributed by atoms with Crippen molar-refractivity contribution in [2.24, 2.45) is 0 Å². The summed E-state index contributed by atoms with van der Waals surface area (Å²) in [4.78, 5) is 0.676. The van der Waals surface area contributed by atoms with Crippen LogP contribution in [0.15, 0.2) is 39.7 Å². The summed E-state index contributed by atoms with van der Waals surface area (Å²) in [6.45, 7) is 0. The van der Waals surface area contributed by atoms with Gasteiger partial charge in [-0.3, -0.25) is 0 Å². The molecule has 0 spiro atoms. The molecule has 1 unspecified atom stereocenters. The SMILES string of the molecule is Fc1cc(Cl)c(NC2CCSc3c(F)cccc32)c(Br)c1. The number of rotatable bonds is 2. The van der Waals surface area contributed by atoms with Gasteiger partial charge in [-0.25, -0.2) is 8.78 Å². The van der Waals surface area contributed by atoms with Crippen LogP contribution in [0.4, 0.5) is 14.5 Å². The lowest BCUT2D eigenvalue weighted by Gasteiger charge is -2.28. The summed E-state index contributed by atoms with van der Waals surface area (Å²) in [6.07, 6.45) is 0.848. The van der Waals surface area contributed by atoms with Crippen molar-refractivity contribution in [3.8, 4) is 0 Å². The minimum Gasteiger partial charge on any atom is -0.376 e. The minimum atomic E-state index is -0.400. The summed E-state index contributed by atoms with van der Waals surface area (Å²) in [6, 6.07) is 7.66. The zero-order chi connectivity index (χ0) is 15.0. The van der Waals surface area contributed by atoms with E-state index in [9.17, 15) is 8.78 Å². The lowest BCUT2D eigenvalue weighted by atomic mass is 10.0. The number of nitrogens with one attached hydrogen (secondary N) is 1. The van der Waals surface area contributed by atoms with Gasteiger partial charge in [-0.1, -0.05) is 23.7 Å². The van der Waals surface area contributed by atoms with Crippen LogP contribution in [0.5, 0.6) is 0 Å². The van der Waals surface area contributed by atoms with Crippen molar-refractivity contribution in [2.75, 3.05) is 11.1 Å². The maximum absolute atomic E-state index is 13.9. The molecule has 0 saturated carbocycles. The maximum Gasteiger partial charge on any atom is 0.137 e. The van der Waals surface area contributed by atoms with Gasteiger partial charge in [0.25, 0.3) is 0 Å². The van der Waals surface area contributed by atoms with Crippen molar-refractivity contribution >= 4 is 45.0 Å². The third kappa shape index (κ3) is 3.05. The van der Waals surface area contributed by atoms with Crippen LogP contribution in [-0.2, 0) is 0 Å². The molecule has 3 rings (SSSR count). The predicted molar refractivity (Wildman–Crippen MR) is 87.2 cm³/mol. The van der Waals surface area contributed by atoms with E-state index in [4.69, 9.17) is 11.6 Å². The Morgan fingerprint density at radius 2 is 2.10 bits per heavy atom. The summed E-state index contributed by atoms with van der Waals surface area (Å²) >= 11 is 10.9. The van der Waals surface area contributed by atoms with E-state index in [1.807, 2.05) is 6.07 Å². The predicted octanol–water partition coefficient (Wildman–Crippen LogP) is 6.03. The number of fused-ring (bicyclic) bond motifs is 1. The molecule has 110 valence electrons. The highest BCUT2D eigenvalue weighted by Crippen LogP contribution is 2.41. The molecule has 2 aromatic rings. The van der Waals surface area contributed by atoms with Gasteiger partial charge in [0.1, 0.15) is 11.6 Å². The summed E-state index contributed by atoms with van der Waals surface area (Å²) in [5.41, 5.74) is 1.55. The highest BCUT2D eigenvalue weighted by molar-refractivity contribution is 9.10. The van der Waals surface area contributed by atoms with Gasteiger partial charge in [0.15, 0.2) is 0 Å². The molecular formula is C15H11BrClF2NS. The van der Waals surface area contributed by atoms with Crippen LogP contribution in [0, 0.1) is 11.6 Å². The van der Waals surface area contributed by atoms with Gasteiger partial charge in [0.05, 0.1) is 16.8 Å². The summed E-state index contributed by atoms with van der Waals surface area (Å²) in [5, 5.41) is 3.61. The lowest BCUT2D eigenvalue weighted by molar-refractivity contribution is 0.585. The average Bonchev–Trinajstić information content (AvgIpc) is 2.43. The topological polar surface area (TPSA) is 12.0 Å². The van der Waals surface area contributed by atoms with Crippen LogP contribution < -0.4 is 5.32 Å². The molecule has 1 N–H and O–H groups in total. The van der Waals surface area contributed by atoms with Gasteiger partial charge in [-0.2, -0.15) is 0 Å². The van der Waals surface area contributed by atoms with Crippen LogP contribution in [0.2, 0.25) is 5.02 Å². The van der Waals surface area contributed by atoms with Crippen molar-refractivity contribution in [3.63, 3.8) is 0 Å². The Labute approximate surface area is 139 Å². The number of halogens is 4. The quantitative estimate of drug-likeness (QED) is 0.672. The zero-order valence-corrected chi connectivity index (χ0v) is 14.0. The van der Waals surface area contributed by atoms with Crippen molar-refractivity contribution in [2.45, 2.75) is 17.4 Å². The molecule has 0 aromatic heterocycles. The van der Waals surface area contributed by atoms with Crippen LogP contribution in [0.25, 0.3) is 0 Å². The van der Waals surface area contributed by atoms with E-state index in [0.29, 0.717) is 20.1 Å². The fraction of sp³-hybridized carbons (Fsp3) is 0.200. The lowest BCUT2D eigenvalue weighted by Crippen LogP contribution is -2.17. The number of thioether (sulfide) groups is 1. The van der Waals surface area contributed by atoms with Crippen molar-refractivity contribution < 1.29 is 8.78 Å². The molecular weight excluding hydrogens is 380 g/mol. The number of anilines is 1. The number of benzene rings is 2. The van der Waals surface area contributed by atoms with Gasteiger partial charge in [-0.15, -0.1) is 11.8 Å². The van der Waals surface area contributed by atoms with Crippen molar-refractivity contribution in [1.29, 1.82) is 0 Å². The summed E-state index contributed by atoms with van der Waals surface area (Å²) in [5.74, 6) is 0.221. The van der Waals surface area contributed by atoms with E-state index in [2.05, 4.69) is 21.2 Å². The van der Waals surface area contributed by atoms with Gasteiger partial charge in [0, 0.05) is 15.1 Å². The van der Waals surface area contributed by atoms with E-state index < -0.39 is 5.82 Å². The second-order valence-electron chi connectivity index (χ2n) is 4.74. The number of hydrogen-bond donors (Lipinski definition) is 1. The Hall–Kier alpha value is -0.780. The highest BCUT2D eigenvalue weighted by Gasteiger charge is 2.24. The first-order valence-electron chi connectivity index (χ1n) is 6.38. The van der Waals surface area contributed by atoms with Crippen LogP contribution >= 0.6 is 39.3 Å². The van der Waals surface area contributed by atoms with E-state index in [1.54, 1.807) is 6.07 Å². The zero-order valence-electron chi connectivity index (χ0n) is 10.8. The third-order valence-electron chi connectivity index (χ3n) is 3.35. The van der Waals surface area contributed by atoms with E-state index in [0.717, 1.165) is 17.7 Å². The monoisotopic (exact) mass is 389 g/mol. The molecule has 0 fully saturated rings. The van der Waals surface area contributed by atoms with E-state index >= 15 is 0 Å². The number of hydrogen-bond acceptors (Lipinski definition) is 2. The molecule has 1 aliphatic heterocycles. The van der Waals surface area contributed by atoms with E-state index in [1.165, 1.54) is 30.0 Å². The third-order valence-corrected chi connectivity index (χ3v) is 5.43. The fourth-order valence-corrected chi connectivity index (χ4v) is 4.45. The molecule has 0 bridgehead atoms. The second kappa shape index (κ2) is 6.15.